The average Bonchev–Trinajstić information content (AvgIpc) is 2.46. The van der Waals surface area contributed by atoms with Gasteiger partial charge in [-0.05, 0) is 24.1 Å². The predicted molar refractivity (Wildman–Crippen MR) is 68.5 cm³/mol. The summed E-state index contributed by atoms with van der Waals surface area (Å²) in [4.78, 5) is 0. The van der Waals surface area contributed by atoms with Crippen molar-refractivity contribution in [3.05, 3.63) is 29.8 Å². The Hall–Kier alpha value is -1.35. The lowest BCUT2D eigenvalue weighted by atomic mass is 10.0. The predicted octanol–water partition coefficient (Wildman–Crippen LogP) is 1.37. The first-order chi connectivity index (χ1) is 9.98. The van der Waals surface area contributed by atoms with Gasteiger partial charge in [0.2, 0.25) is 0 Å². The van der Waals surface area contributed by atoms with Gasteiger partial charge in [-0.15, -0.1) is 13.2 Å². The third kappa shape index (κ3) is 5.16. The van der Waals surface area contributed by atoms with Gasteiger partial charge in [0, 0.05) is 0 Å². The highest BCUT2D eigenvalue weighted by atomic mass is 19.4. The topological polar surface area (TPSA) is 65.7 Å². The first-order valence-electron chi connectivity index (χ1n) is 6.48. The van der Waals surface area contributed by atoms with Crippen LogP contribution in [-0.2, 0) is 15.9 Å². The van der Waals surface area contributed by atoms with Crippen molar-refractivity contribution in [2.75, 3.05) is 19.8 Å². The van der Waals surface area contributed by atoms with Crippen molar-refractivity contribution in [1.82, 2.24) is 5.43 Å². The van der Waals surface area contributed by atoms with E-state index in [4.69, 9.17) is 15.3 Å². The molecule has 1 saturated heterocycles. The number of ether oxygens (including phenoxy) is 3. The van der Waals surface area contributed by atoms with Crippen molar-refractivity contribution >= 4 is 0 Å². The molecule has 1 fully saturated rings. The highest BCUT2D eigenvalue weighted by molar-refractivity contribution is 5.28. The van der Waals surface area contributed by atoms with Gasteiger partial charge in [-0.3, -0.25) is 11.3 Å². The lowest BCUT2D eigenvalue weighted by Gasteiger charge is -2.30. The number of halogens is 3. The summed E-state index contributed by atoms with van der Waals surface area (Å²) in [6, 6.07) is 5.49. The molecule has 1 aliphatic heterocycles. The fraction of sp³-hybridized carbons (Fsp3) is 0.538. The molecule has 2 atom stereocenters. The zero-order valence-corrected chi connectivity index (χ0v) is 11.2. The lowest BCUT2D eigenvalue weighted by molar-refractivity contribution is -0.274. The van der Waals surface area contributed by atoms with Crippen LogP contribution < -0.4 is 16.0 Å². The Labute approximate surface area is 120 Å². The molecule has 1 aromatic rings. The van der Waals surface area contributed by atoms with Gasteiger partial charge < -0.3 is 14.2 Å². The van der Waals surface area contributed by atoms with E-state index in [-0.39, 0.29) is 17.9 Å². The smallest absolute Gasteiger partial charge is 0.406 e. The molecule has 21 heavy (non-hydrogen) atoms. The first kappa shape index (κ1) is 16.0. The second-order valence-electron chi connectivity index (χ2n) is 4.65. The van der Waals surface area contributed by atoms with Gasteiger partial charge in [-0.25, -0.2) is 0 Å². The molecule has 2 unspecified atom stereocenters. The van der Waals surface area contributed by atoms with Crippen LogP contribution in [-0.4, -0.2) is 38.3 Å². The van der Waals surface area contributed by atoms with Gasteiger partial charge in [0.1, 0.15) is 5.75 Å². The van der Waals surface area contributed by atoms with Crippen LogP contribution in [0.4, 0.5) is 13.2 Å². The van der Waals surface area contributed by atoms with Crippen molar-refractivity contribution in [3.8, 4) is 5.75 Å². The third-order valence-corrected chi connectivity index (χ3v) is 3.12. The van der Waals surface area contributed by atoms with Gasteiger partial charge in [0.05, 0.1) is 32.0 Å². The van der Waals surface area contributed by atoms with E-state index < -0.39 is 6.36 Å². The molecule has 1 aromatic carbocycles. The zero-order chi connectivity index (χ0) is 15.3. The lowest BCUT2D eigenvalue weighted by Crippen LogP contribution is -2.50. The molecular formula is C13H17F3N2O3. The highest BCUT2D eigenvalue weighted by Gasteiger charge is 2.31. The number of rotatable bonds is 5. The van der Waals surface area contributed by atoms with E-state index in [0.717, 1.165) is 5.56 Å². The normalized spacial score (nSPS) is 21.0. The number of hydrogen-bond donors (Lipinski definition) is 2. The zero-order valence-electron chi connectivity index (χ0n) is 11.2. The fourth-order valence-corrected chi connectivity index (χ4v) is 2.12. The molecule has 0 aromatic heterocycles. The summed E-state index contributed by atoms with van der Waals surface area (Å²) in [6.45, 7) is 1.49. The van der Waals surface area contributed by atoms with Gasteiger partial charge >= 0.3 is 6.36 Å². The molecule has 0 aliphatic carbocycles. The maximum absolute atomic E-state index is 12.1. The number of benzene rings is 1. The largest absolute Gasteiger partial charge is 0.573 e. The van der Waals surface area contributed by atoms with Crippen molar-refractivity contribution < 1.29 is 27.4 Å². The molecule has 0 saturated carbocycles. The van der Waals surface area contributed by atoms with Gasteiger partial charge in [0.25, 0.3) is 0 Å². The Morgan fingerprint density at radius 2 is 2.00 bits per heavy atom. The molecule has 0 amide bonds. The summed E-state index contributed by atoms with van der Waals surface area (Å²) in [5, 5.41) is 0. The number of hydrazine groups is 1. The van der Waals surface area contributed by atoms with Crippen LogP contribution in [0.5, 0.6) is 5.75 Å². The number of nitrogens with two attached hydrogens (primary N) is 1. The summed E-state index contributed by atoms with van der Waals surface area (Å²) in [5.41, 5.74) is 3.48. The molecule has 5 nitrogen and oxygen atoms in total. The molecular weight excluding hydrogens is 289 g/mol. The van der Waals surface area contributed by atoms with Gasteiger partial charge in [-0.2, -0.15) is 0 Å². The fourth-order valence-electron chi connectivity index (χ4n) is 2.12. The van der Waals surface area contributed by atoms with Crippen molar-refractivity contribution in [2.45, 2.75) is 24.9 Å². The number of alkyl halides is 3. The SMILES string of the molecule is NNC(Cc1ccc(OC(F)(F)F)cc1)C1COCCO1. The molecule has 1 aliphatic rings. The Kier molecular flexibility index (Phi) is 5.40. The Balaban J connectivity index is 1.94. The number of hydrogen-bond acceptors (Lipinski definition) is 5. The molecule has 0 bridgehead atoms. The summed E-state index contributed by atoms with van der Waals surface area (Å²) in [6.07, 6.45) is -4.36. The third-order valence-electron chi connectivity index (χ3n) is 3.12. The monoisotopic (exact) mass is 306 g/mol. The minimum atomic E-state index is -4.68. The summed E-state index contributed by atoms with van der Waals surface area (Å²) < 4.78 is 50.9. The van der Waals surface area contributed by atoms with Crippen LogP contribution in [0.3, 0.4) is 0 Å². The average molecular weight is 306 g/mol. The molecule has 3 N–H and O–H groups in total. The van der Waals surface area contributed by atoms with Crippen molar-refractivity contribution in [2.24, 2.45) is 5.84 Å². The van der Waals surface area contributed by atoms with Crippen LogP contribution in [0.2, 0.25) is 0 Å². The maximum atomic E-state index is 12.1. The van der Waals surface area contributed by atoms with Crippen LogP contribution in [0.1, 0.15) is 5.56 Å². The minimum absolute atomic E-state index is 0.181. The van der Waals surface area contributed by atoms with Crippen LogP contribution in [0, 0.1) is 0 Å². The quantitative estimate of drug-likeness (QED) is 0.635. The van der Waals surface area contributed by atoms with Crippen LogP contribution in [0.15, 0.2) is 24.3 Å². The second kappa shape index (κ2) is 7.08. The minimum Gasteiger partial charge on any atom is -0.406 e. The number of nitrogens with one attached hydrogen (secondary N) is 1. The van der Waals surface area contributed by atoms with Crippen molar-refractivity contribution in [3.63, 3.8) is 0 Å². The van der Waals surface area contributed by atoms with E-state index in [9.17, 15) is 13.2 Å². The molecule has 1 heterocycles. The summed E-state index contributed by atoms with van der Waals surface area (Å²) >= 11 is 0. The molecule has 0 radical (unpaired) electrons. The summed E-state index contributed by atoms with van der Waals surface area (Å²) in [7, 11) is 0. The van der Waals surface area contributed by atoms with E-state index in [1.165, 1.54) is 12.1 Å². The molecule has 118 valence electrons. The van der Waals surface area contributed by atoms with E-state index >= 15 is 0 Å². The Morgan fingerprint density at radius 3 is 2.52 bits per heavy atom. The van der Waals surface area contributed by atoms with E-state index in [2.05, 4.69) is 10.2 Å². The van der Waals surface area contributed by atoms with Gasteiger partial charge in [0.15, 0.2) is 0 Å². The van der Waals surface area contributed by atoms with E-state index in [0.29, 0.717) is 26.2 Å². The highest BCUT2D eigenvalue weighted by Crippen LogP contribution is 2.23. The van der Waals surface area contributed by atoms with E-state index in [1.807, 2.05) is 0 Å². The molecule has 2 rings (SSSR count). The van der Waals surface area contributed by atoms with Crippen molar-refractivity contribution in [1.29, 1.82) is 0 Å². The second-order valence-corrected chi connectivity index (χ2v) is 4.65. The summed E-state index contributed by atoms with van der Waals surface area (Å²) in [5.74, 6) is 5.26. The van der Waals surface area contributed by atoms with E-state index in [1.54, 1.807) is 12.1 Å². The first-order valence-corrected chi connectivity index (χ1v) is 6.48. The van der Waals surface area contributed by atoms with Crippen LogP contribution >= 0.6 is 0 Å². The molecule has 0 spiro atoms. The molecule has 8 heteroatoms. The Morgan fingerprint density at radius 1 is 1.29 bits per heavy atom. The van der Waals surface area contributed by atoms with Crippen LogP contribution in [0.25, 0.3) is 0 Å². The standard InChI is InChI=1S/C13H17F3N2O3/c14-13(15,16)21-10-3-1-9(2-4-10)7-11(18-17)12-8-19-5-6-20-12/h1-4,11-12,18H,5-8,17H2. The maximum Gasteiger partial charge on any atom is 0.573 e. The Bertz CT molecular complexity index is 433. The van der Waals surface area contributed by atoms with Gasteiger partial charge in [-0.1, -0.05) is 12.1 Å².